The van der Waals surface area contributed by atoms with Crippen LogP contribution in [-0.4, -0.2) is 62.6 Å². The fourth-order valence-electron chi connectivity index (χ4n) is 4.30. The predicted molar refractivity (Wildman–Crippen MR) is 139 cm³/mol. The summed E-state index contributed by atoms with van der Waals surface area (Å²) in [6, 6.07) is 19.3. The minimum Gasteiger partial charge on any atom is -0.495 e. The Hall–Kier alpha value is -3.86. The van der Waals surface area contributed by atoms with Crippen LogP contribution in [0, 0.1) is 0 Å². The zero-order valence-electron chi connectivity index (χ0n) is 20.3. The van der Waals surface area contributed by atoms with Gasteiger partial charge in [-0.25, -0.2) is 18.1 Å². The fraction of sp³-hybridized carbons (Fsp3) is 0.222. The van der Waals surface area contributed by atoms with Crippen molar-refractivity contribution in [3.63, 3.8) is 0 Å². The summed E-state index contributed by atoms with van der Waals surface area (Å²) in [6.07, 6.45) is 1.71. The molecular weight excluding hydrogens is 492 g/mol. The molecule has 4 aromatic rings. The van der Waals surface area contributed by atoms with E-state index in [0.717, 1.165) is 35.3 Å². The van der Waals surface area contributed by atoms with Gasteiger partial charge in [0.1, 0.15) is 16.3 Å². The lowest BCUT2D eigenvalue weighted by atomic mass is 10.0. The minimum absolute atomic E-state index is 0.0160. The molecule has 0 bridgehead atoms. The van der Waals surface area contributed by atoms with Crippen LogP contribution < -0.4 is 9.46 Å². The Balaban J connectivity index is 1.40. The number of methoxy groups -OCH3 is 1. The minimum atomic E-state index is -4.24. The molecule has 0 radical (unpaired) electrons. The number of nitrogens with one attached hydrogen (secondary N) is 1. The second kappa shape index (κ2) is 10.6. The van der Waals surface area contributed by atoms with E-state index in [9.17, 15) is 13.2 Å². The van der Waals surface area contributed by atoms with E-state index in [0.29, 0.717) is 25.3 Å². The molecule has 37 heavy (non-hydrogen) atoms. The first-order valence-electron chi connectivity index (χ1n) is 11.8. The van der Waals surface area contributed by atoms with Crippen LogP contribution in [-0.2, 0) is 21.3 Å². The van der Waals surface area contributed by atoms with E-state index >= 15 is 0 Å². The number of carbonyl (C=O) groups is 1. The normalized spacial score (nSPS) is 14.4. The van der Waals surface area contributed by atoms with Gasteiger partial charge in [-0.1, -0.05) is 24.3 Å². The molecule has 2 aromatic carbocycles. The molecule has 0 atom stereocenters. The number of amides is 1. The predicted octanol–water partition coefficient (Wildman–Crippen LogP) is 3.26. The first kappa shape index (κ1) is 24.8. The van der Waals surface area contributed by atoms with Crippen LogP contribution >= 0.6 is 0 Å². The van der Waals surface area contributed by atoms with Gasteiger partial charge >= 0.3 is 0 Å². The van der Waals surface area contributed by atoms with Crippen molar-refractivity contribution in [2.75, 3.05) is 33.4 Å². The van der Waals surface area contributed by atoms with Crippen molar-refractivity contribution in [2.24, 2.45) is 0 Å². The van der Waals surface area contributed by atoms with Gasteiger partial charge in [0, 0.05) is 36.8 Å². The van der Waals surface area contributed by atoms with Gasteiger partial charge in [-0.05, 0) is 48.0 Å². The molecule has 0 spiro atoms. The number of benzene rings is 2. The maximum atomic E-state index is 13.3. The largest absolute Gasteiger partial charge is 0.495 e. The van der Waals surface area contributed by atoms with E-state index in [1.807, 2.05) is 36.4 Å². The number of pyridine rings is 2. The molecule has 1 N–H and O–H groups in total. The van der Waals surface area contributed by atoms with Gasteiger partial charge in [0.15, 0.2) is 0 Å². The van der Waals surface area contributed by atoms with E-state index in [1.54, 1.807) is 24.4 Å². The Morgan fingerprint density at radius 3 is 2.65 bits per heavy atom. The van der Waals surface area contributed by atoms with E-state index in [-0.39, 0.29) is 16.3 Å². The van der Waals surface area contributed by atoms with Gasteiger partial charge in [-0.2, -0.15) is 0 Å². The molecule has 1 aliphatic heterocycles. The molecule has 190 valence electrons. The van der Waals surface area contributed by atoms with Crippen molar-refractivity contribution in [1.29, 1.82) is 0 Å². The lowest BCUT2D eigenvalue weighted by molar-refractivity contribution is 0.0341. The Bertz CT molecular complexity index is 1540. The molecular formula is C27H26N4O5S. The van der Waals surface area contributed by atoms with Crippen LogP contribution in [0.5, 0.6) is 5.75 Å². The summed E-state index contributed by atoms with van der Waals surface area (Å²) in [5.74, 6) is -0.678. The molecule has 0 saturated carbocycles. The third-order valence-electron chi connectivity index (χ3n) is 6.16. The molecule has 9 nitrogen and oxygen atoms in total. The third-order valence-corrected chi connectivity index (χ3v) is 7.51. The smallest absolute Gasteiger partial charge is 0.283 e. The zero-order valence-corrected chi connectivity index (χ0v) is 21.1. The maximum absolute atomic E-state index is 13.3. The Morgan fingerprint density at radius 1 is 1.05 bits per heavy atom. The molecule has 2 aromatic heterocycles. The average molecular weight is 519 g/mol. The second-order valence-electron chi connectivity index (χ2n) is 8.59. The molecule has 5 rings (SSSR count). The number of morpholine rings is 1. The highest BCUT2D eigenvalue weighted by atomic mass is 32.2. The lowest BCUT2D eigenvalue weighted by Gasteiger charge is -2.26. The summed E-state index contributed by atoms with van der Waals surface area (Å²) in [7, 11) is -2.85. The summed E-state index contributed by atoms with van der Waals surface area (Å²) < 4.78 is 39.3. The molecule has 0 unspecified atom stereocenters. The van der Waals surface area contributed by atoms with Gasteiger partial charge in [-0.15, -0.1) is 0 Å². The van der Waals surface area contributed by atoms with E-state index in [2.05, 4.69) is 19.6 Å². The van der Waals surface area contributed by atoms with Crippen LogP contribution in [0.1, 0.15) is 16.1 Å². The van der Waals surface area contributed by atoms with E-state index in [1.165, 1.54) is 19.2 Å². The highest BCUT2D eigenvalue weighted by molar-refractivity contribution is 7.90. The summed E-state index contributed by atoms with van der Waals surface area (Å²) in [6.45, 7) is 3.37. The van der Waals surface area contributed by atoms with Crippen molar-refractivity contribution in [2.45, 2.75) is 11.4 Å². The maximum Gasteiger partial charge on any atom is 0.283 e. The van der Waals surface area contributed by atoms with Gasteiger partial charge < -0.3 is 9.47 Å². The number of nitrogens with zero attached hydrogens (tertiary/aromatic N) is 3. The van der Waals surface area contributed by atoms with Crippen molar-refractivity contribution < 1.29 is 22.7 Å². The molecule has 1 aliphatic rings. The van der Waals surface area contributed by atoms with Gasteiger partial charge in [0.25, 0.3) is 15.9 Å². The molecule has 0 aliphatic carbocycles. The summed E-state index contributed by atoms with van der Waals surface area (Å²) in [5.41, 5.74) is 2.98. The fourth-order valence-corrected chi connectivity index (χ4v) is 5.48. The van der Waals surface area contributed by atoms with Gasteiger partial charge in [0.2, 0.25) is 0 Å². The van der Waals surface area contributed by atoms with Crippen molar-refractivity contribution in [1.82, 2.24) is 19.6 Å². The average Bonchev–Trinajstić information content (AvgIpc) is 2.93. The summed E-state index contributed by atoms with van der Waals surface area (Å²) >= 11 is 0. The SMILES string of the molecule is COc1ccc(CN2CCOCC2)cc1S(=O)(=O)NC(=O)c1ccc2c(-c3ccccn3)cccc2n1. The first-order chi connectivity index (χ1) is 17.9. The number of rotatable bonds is 7. The quantitative estimate of drug-likeness (QED) is 0.397. The van der Waals surface area contributed by atoms with Crippen LogP contribution in [0.4, 0.5) is 0 Å². The molecule has 1 saturated heterocycles. The second-order valence-corrected chi connectivity index (χ2v) is 10.2. The van der Waals surface area contributed by atoms with Crippen LogP contribution in [0.15, 0.2) is 77.8 Å². The molecule has 1 amide bonds. The molecule has 10 heteroatoms. The molecule has 3 heterocycles. The number of sulfonamides is 1. The van der Waals surface area contributed by atoms with E-state index < -0.39 is 15.9 Å². The molecule has 1 fully saturated rings. The third kappa shape index (κ3) is 5.46. The Labute approximate surface area is 215 Å². The summed E-state index contributed by atoms with van der Waals surface area (Å²) in [5, 5.41) is 0.804. The Morgan fingerprint density at radius 2 is 1.89 bits per heavy atom. The van der Waals surface area contributed by atoms with Gasteiger partial charge in [0.05, 0.1) is 31.5 Å². The summed E-state index contributed by atoms with van der Waals surface area (Å²) in [4.78, 5) is 23.9. The topological polar surface area (TPSA) is 111 Å². The van der Waals surface area contributed by atoms with Crippen LogP contribution in [0.25, 0.3) is 22.2 Å². The van der Waals surface area contributed by atoms with Crippen LogP contribution in [0.3, 0.4) is 0 Å². The number of aromatic nitrogens is 2. The van der Waals surface area contributed by atoms with Crippen LogP contribution in [0.2, 0.25) is 0 Å². The number of ether oxygens (including phenoxy) is 2. The number of hydrogen-bond donors (Lipinski definition) is 1. The first-order valence-corrected chi connectivity index (χ1v) is 13.3. The zero-order chi connectivity index (χ0) is 25.8. The highest BCUT2D eigenvalue weighted by Crippen LogP contribution is 2.28. The van der Waals surface area contributed by atoms with Gasteiger partial charge in [-0.3, -0.25) is 14.7 Å². The number of carbonyl (C=O) groups excluding carboxylic acids is 1. The van der Waals surface area contributed by atoms with Crippen molar-refractivity contribution in [3.8, 4) is 17.0 Å². The highest BCUT2D eigenvalue weighted by Gasteiger charge is 2.25. The van der Waals surface area contributed by atoms with Crippen molar-refractivity contribution in [3.05, 3.63) is 84.2 Å². The van der Waals surface area contributed by atoms with Crippen molar-refractivity contribution >= 4 is 26.8 Å². The monoisotopic (exact) mass is 518 g/mol. The standard InChI is InChI=1S/C27H26N4O5S/c1-35-25-11-8-19(18-31-13-15-36-16-14-31)17-26(25)37(33,34)30-27(32)24-10-9-21-20(5-4-7-23(21)29-24)22-6-2-3-12-28-22/h2-12,17H,13-16,18H2,1H3,(H,30,32). The lowest BCUT2D eigenvalue weighted by Crippen LogP contribution is -2.35. The number of fused-ring (bicyclic) bond motifs is 1. The number of hydrogen-bond acceptors (Lipinski definition) is 8. The Kier molecular flexibility index (Phi) is 7.13. The van der Waals surface area contributed by atoms with E-state index in [4.69, 9.17) is 9.47 Å².